The minimum Gasteiger partial charge on any atom is -0.330 e. The molecular formula is C18H14F3N3OS3. The topological polar surface area (TPSA) is 46.1 Å². The van der Waals surface area contributed by atoms with E-state index in [1.165, 1.54) is 4.88 Å². The number of aromatic nitrogens is 2. The summed E-state index contributed by atoms with van der Waals surface area (Å²) >= 11 is 4.21. The average molecular weight is 442 g/mol. The van der Waals surface area contributed by atoms with Gasteiger partial charge in [-0.2, -0.15) is 13.2 Å². The number of halogens is 3. The van der Waals surface area contributed by atoms with Crippen LogP contribution in [0.25, 0.3) is 0 Å². The van der Waals surface area contributed by atoms with E-state index >= 15 is 0 Å². The number of alkyl halides is 3. The maximum absolute atomic E-state index is 12.9. The fourth-order valence-corrected chi connectivity index (χ4v) is 5.59. The van der Waals surface area contributed by atoms with Crippen LogP contribution in [-0.4, -0.2) is 33.1 Å². The summed E-state index contributed by atoms with van der Waals surface area (Å²) in [5.74, 6) is -0.149. The number of thioether (sulfide) groups is 1. The van der Waals surface area contributed by atoms with E-state index < -0.39 is 11.9 Å². The van der Waals surface area contributed by atoms with Crippen LogP contribution in [-0.2, 0) is 17.4 Å². The van der Waals surface area contributed by atoms with Gasteiger partial charge in [-0.15, -0.1) is 22.7 Å². The molecule has 4 rings (SSSR count). The summed E-state index contributed by atoms with van der Waals surface area (Å²) < 4.78 is 38.4. The Kier molecular flexibility index (Phi) is 5.44. The van der Waals surface area contributed by atoms with Gasteiger partial charge in [0.05, 0.1) is 11.8 Å². The highest BCUT2D eigenvalue weighted by Gasteiger charge is 2.34. The van der Waals surface area contributed by atoms with Crippen molar-refractivity contribution in [2.24, 2.45) is 0 Å². The largest absolute Gasteiger partial charge is 0.433 e. The Hall–Kier alpha value is -1.91. The summed E-state index contributed by atoms with van der Waals surface area (Å²) in [6.45, 7) is 0.582. The van der Waals surface area contributed by atoms with Crippen molar-refractivity contribution in [3.8, 4) is 0 Å². The van der Waals surface area contributed by atoms with Gasteiger partial charge in [0.15, 0.2) is 5.16 Å². The minimum absolute atomic E-state index is 0.0113. The minimum atomic E-state index is -4.53. The van der Waals surface area contributed by atoms with Crippen LogP contribution in [0.15, 0.2) is 46.4 Å². The number of thiophene rings is 2. The molecular weight excluding hydrogens is 427 g/mol. The van der Waals surface area contributed by atoms with Crippen molar-refractivity contribution in [3.05, 3.63) is 62.2 Å². The maximum Gasteiger partial charge on any atom is 0.433 e. The molecule has 146 valence electrons. The van der Waals surface area contributed by atoms with E-state index in [1.807, 2.05) is 33.9 Å². The maximum atomic E-state index is 12.9. The van der Waals surface area contributed by atoms with E-state index in [2.05, 4.69) is 9.97 Å². The first-order valence-electron chi connectivity index (χ1n) is 8.35. The molecule has 1 unspecified atom stereocenters. The number of amides is 1. The number of carbonyl (C=O) groups is 1. The van der Waals surface area contributed by atoms with Crippen LogP contribution in [0.1, 0.15) is 27.1 Å². The summed E-state index contributed by atoms with van der Waals surface area (Å²) in [7, 11) is 0. The first kappa shape index (κ1) is 19.4. The molecule has 0 saturated heterocycles. The van der Waals surface area contributed by atoms with Crippen molar-refractivity contribution in [3.63, 3.8) is 0 Å². The highest BCUT2D eigenvalue weighted by Crippen LogP contribution is 2.39. The lowest BCUT2D eigenvalue weighted by Gasteiger charge is -2.35. The van der Waals surface area contributed by atoms with Crippen molar-refractivity contribution in [2.45, 2.75) is 23.8 Å². The quantitative estimate of drug-likeness (QED) is 0.427. The Morgan fingerprint density at radius 3 is 2.86 bits per heavy atom. The van der Waals surface area contributed by atoms with Gasteiger partial charge in [0, 0.05) is 22.5 Å². The molecule has 0 fully saturated rings. The van der Waals surface area contributed by atoms with Crippen LogP contribution >= 0.6 is 34.4 Å². The lowest BCUT2D eigenvalue weighted by Crippen LogP contribution is -2.40. The first-order chi connectivity index (χ1) is 13.4. The highest BCUT2D eigenvalue weighted by atomic mass is 32.2. The fraction of sp³-hybridized carbons (Fsp3) is 0.278. The van der Waals surface area contributed by atoms with Crippen LogP contribution in [0.3, 0.4) is 0 Å². The standard InChI is InChI=1S/C18H14F3N3OS3/c19-18(20,21)14-3-6-22-17(23-14)28-10-15(25)24-7-4-12-11(5-9-27-12)16(24)13-2-1-8-26-13/h1-3,5-6,8-9,16H,4,7,10H2. The van der Waals surface area contributed by atoms with E-state index in [9.17, 15) is 18.0 Å². The van der Waals surface area contributed by atoms with Gasteiger partial charge >= 0.3 is 6.18 Å². The molecule has 1 atom stereocenters. The lowest BCUT2D eigenvalue weighted by atomic mass is 9.98. The SMILES string of the molecule is O=C(CSc1nccc(C(F)(F)F)n1)N1CCc2sccc2C1c1cccs1. The van der Waals surface area contributed by atoms with E-state index in [1.54, 1.807) is 22.7 Å². The number of fused-ring (bicyclic) bond motifs is 1. The Bertz CT molecular complexity index is 972. The molecule has 0 N–H and O–H groups in total. The van der Waals surface area contributed by atoms with Gasteiger partial charge in [-0.05, 0) is 40.9 Å². The average Bonchev–Trinajstić information content (AvgIpc) is 3.36. The Morgan fingerprint density at radius 1 is 1.25 bits per heavy atom. The van der Waals surface area contributed by atoms with Crippen molar-refractivity contribution in [1.82, 2.24) is 14.9 Å². The van der Waals surface area contributed by atoms with Crippen molar-refractivity contribution in [1.29, 1.82) is 0 Å². The Balaban J connectivity index is 1.52. The zero-order chi connectivity index (χ0) is 19.7. The summed E-state index contributed by atoms with van der Waals surface area (Å²) in [6.07, 6.45) is -2.68. The monoisotopic (exact) mass is 441 g/mol. The smallest absolute Gasteiger partial charge is 0.330 e. The zero-order valence-corrected chi connectivity index (χ0v) is 16.8. The van der Waals surface area contributed by atoms with Gasteiger partial charge in [0.1, 0.15) is 5.69 Å². The molecule has 1 aliphatic rings. The number of carbonyl (C=O) groups excluding carboxylic acids is 1. The second kappa shape index (κ2) is 7.84. The molecule has 0 spiro atoms. The van der Waals surface area contributed by atoms with Crippen molar-refractivity contribution >= 4 is 40.3 Å². The van der Waals surface area contributed by atoms with Crippen LogP contribution in [0, 0.1) is 0 Å². The third-order valence-corrected chi connectivity index (χ3v) is 7.12. The van der Waals surface area contributed by atoms with Gasteiger partial charge in [-0.3, -0.25) is 4.79 Å². The highest BCUT2D eigenvalue weighted by molar-refractivity contribution is 7.99. The van der Waals surface area contributed by atoms with Gasteiger partial charge < -0.3 is 4.90 Å². The predicted octanol–water partition coefficient (Wildman–Crippen LogP) is 4.88. The van der Waals surface area contributed by atoms with E-state index in [0.29, 0.717) is 6.54 Å². The normalized spacial score (nSPS) is 16.8. The van der Waals surface area contributed by atoms with Crippen LogP contribution < -0.4 is 0 Å². The molecule has 28 heavy (non-hydrogen) atoms. The number of rotatable bonds is 4. The summed E-state index contributed by atoms with van der Waals surface area (Å²) in [4.78, 5) is 24.5. The van der Waals surface area contributed by atoms with Crippen LogP contribution in [0.5, 0.6) is 0 Å². The van der Waals surface area contributed by atoms with E-state index in [0.717, 1.165) is 40.9 Å². The number of nitrogens with zero attached hydrogens (tertiary/aromatic N) is 3. The molecule has 3 aromatic rings. The molecule has 0 aliphatic carbocycles. The van der Waals surface area contributed by atoms with E-state index in [-0.39, 0.29) is 22.9 Å². The van der Waals surface area contributed by atoms with Gasteiger partial charge in [-0.25, -0.2) is 9.97 Å². The van der Waals surface area contributed by atoms with Crippen molar-refractivity contribution < 1.29 is 18.0 Å². The summed E-state index contributed by atoms with van der Waals surface area (Å²) in [5, 5.41) is 3.96. The molecule has 3 aromatic heterocycles. The second-order valence-electron chi connectivity index (χ2n) is 6.07. The van der Waals surface area contributed by atoms with Gasteiger partial charge in [-0.1, -0.05) is 17.8 Å². The Morgan fingerprint density at radius 2 is 2.11 bits per heavy atom. The zero-order valence-electron chi connectivity index (χ0n) is 14.3. The molecule has 0 bridgehead atoms. The molecule has 10 heteroatoms. The number of hydrogen-bond acceptors (Lipinski definition) is 6. The molecule has 4 heterocycles. The van der Waals surface area contributed by atoms with Crippen LogP contribution in [0.4, 0.5) is 13.2 Å². The summed E-state index contributed by atoms with van der Waals surface area (Å²) in [5.41, 5.74) is 0.127. The summed E-state index contributed by atoms with van der Waals surface area (Å²) in [6, 6.07) is 6.68. The van der Waals surface area contributed by atoms with Crippen LogP contribution in [0.2, 0.25) is 0 Å². The fourth-order valence-electron chi connectivity index (χ4n) is 3.12. The third kappa shape index (κ3) is 3.94. The molecule has 0 saturated carbocycles. The molecule has 1 aliphatic heterocycles. The predicted molar refractivity (Wildman–Crippen MR) is 104 cm³/mol. The third-order valence-electron chi connectivity index (χ3n) is 4.35. The van der Waals surface area contributed by atoms with Gasteiger partial charge in [0.25, 0.3) is 0 Å². The molecule has 0 aromatic carbocycles. The second-order valence-corrected chi connectivity index (χ2v) is 8.99. The van der Waals surface area contributed by atoms with Crippen molar-refractivity contribution in [2.75, 3.05) is 12.3 Å². The van der Waals surface area contributed by atoms with E-state index in [4.69, 9.17) is 0 Å². The molecule has 4 nitrogen and oxygen atoms in total. The Labute approximate surface area is 171 Å². The van der Waals surface area contributed by atoms with Gasteiger partial charge in [0.2, 0.25) is 5.91 Å². The number of hydrogen-bond donors (Lipinski definition) is 0. The molecule has 1 amide bonds. The first-order valence-corrected chi connectivity index (χ1v) is 11.1. The lowest BCUT2D eigenvalue weighted by molar-refractivity contribution is -0.141. The molecule has 0 radical (unpaired) electrons.